The summed E-state index contributed by atoms with van der Waals surface area (Å²) in [5, 5.41) is 12.1. The molecule has 6 nitrogen and oxygen atoms in total. The van der Waals surface area contributed by atoms with Crippen molar-refractivity contribution in [2.45, 2.75) is 13.0 Å². The number of pyridine rings is 2. The summed E-state index contributed by atoms with van der Waals surface area (Å²) in [5.74, 6) is -1.55. The van der Waals surface area contributed by atoms with Gasteiger partial charge in [0, 0.05) is 11.6 Å². The molecule has 24 heavy (non-hydrogen) atoms. The predicted molar refractivity (Wildman–Crippen MR) is 89.5 cm³/mol. The molecule has 0 aliphatic carbocycles. The summed E-state index contributed by atoms with van der Waals surface area (Å²) in [5.41, 5.74) is 2.22. The van der Waals surface area contributed by atoms with E-state index in [0.29, 0.717) is 27.9 Å². The van der Waals surface area contributed by atoms with E-state index in [2.05, 4.69) is 15.3 Å². The Kier molecular flexibility index (Phi) is 4.20. The molecule has 0 saturated carbocycles. The van der Waals surface area contributed by atoms with Crippen LogP contribution in [0.15, 0.2) is 54.7 Å². The second-order valence-corrected chi connectivity index (χ2v) is 5.32. The van der Waals surface area contributed by atoms with Crippen molar-refractivity contribution < 1.29 is 14.7 Å². The number of carbonyl (C=O) groups excluding carboxylic acids is 1. The fraction of sp³-hybridized carbons (Fsp3) is 0.111. The highest BCUT2D eigenvalue weighted by atomic mass is 16.4. The first-order valence-electron chi connectivity index (χ1n) is 7.41. The van der Waals surface area contributed by atoms with Gasteiger partial charge in [0.25, 0.3) is 5.91 Å². The maximum Gasteiger partial charge on any atom is 0.325 e. The third-order valence-corrected chi connectivity index (χ3v) is 3.61. The van der Waals surface area contributed by atoms with E-state index in [9.17, 15) is 9.59 Å². The average Bonchev–Trinajstić information content (AvgIpc) is 2.61. The zero-order chi connectivity index (χ0) is 17.1. The number of carboxylic acids is 1. The predicted octanol–water partition coefficient (Wildman–Crippen LogP) is 2.50. The van der Waals surface area contributed by atoms with Crippen LogP contribution < -0.4 is 5.32 Å². The zero-order valence-corrected chi connectivity index (χ0v) is 12.9. The Labute approximate surface area is 138 Å². The van der Waals surface area contributed by atoms with Crippen LogP contribution in [0.2, 0.25) is 0 Å². The molecule has 0 fully saturated rings. The summed E-state index contributed by atoms with van der Waals surface area (Å²) in [6.07, 6.45) is 1.65. The minimum atomic E-state index is -1.09. The van der Waals surface area contributed by atoms with Gasteiger partial charge in [-0.15, -0.1) is 0 Å². The standard InChI is InChI=1S/C18H15N3O3/c1-11(18(23)24)20-17(22)13-10-16(15-8-4-5-9-19-15)21-14-7-3-2-6-12(13)14/h2-11H,1H3,(H,20,22)(H,23,24). The number of nitrogens with one attached hydrogen (secondary N) is 1. The summed E-state index contributed by atoms with van der Waals surface area (Å²) in [6.45, 7) is 1.42. The number of carbonyl (C=O) groups is 2. The van der Waals surface area contributed by atoms with E-state index in [-0.39, 0.29) is 0 Å². The largest absolute Gasteiger partial charge is 0.480 e. The Morgan fingerprint density at radius 2 is 1.83 bits per heavy atom. The molecule has 0 radical (unpaired) electrons. The van der Waals surface area contributed by atoms with Crippen LogP contribution in [-0.2, 0) is 4.79 Å². The van der Waals surface area contributed by atoms with E-state index in [0.717, 1.165) is 0 Å². The number of nitrogens with zero attached hydrogens (tertiary/aromatic N) is 2. The van der Waals surface area contributed by atoms with Crippen molar-refractivity contribution in [3.8, 4) is 11.4 Å². The van der Waals surface area contributed by atoms with Crippen LogP contribution in [0.25, 0.3) is 22.3 Å². The quantitative estimate of drug-likeness (QED) is 0.770. The number of benzene rings is 1. The number of amides is 1. The Hall–Kier alpha value is -3.28. The summed E-state index contributed by atoms with van der Waals surface area (Å²) >= 11 is 0. The van der Waals surface area contributed by atoms with Gasteiger partial charge in [0.1, 0.15) is 6.04 Å². The average molecular weight is 321 g/mol. The molecule has 1 aromatic carbocycles. The van der Waals surface area contributed by atoms with Gasteiger partial charge in [0.05, 0.1) is 22.5 Å². The molecular weight excluding hydrogens is 306 g/mol. The highest BCUT2D eigenvalue weighted by Crippen LogP contribution is 2.23. The number of rotatable bonds is 4. The first-order chi connectivity index (χ1) is 11.6. The van der Waals surface area contributed by atoms with Crippen LogP contribution in [0.3, 0.4) is 0 Å². The lowest BCUT2D eigenvalue weighted by atomic mass is 10.1. The fourth-order valence-corrected chi connectivity index (χ4v) is 2.34. The Morgan fingerprint density at radius 1 is 1.08 bits per heavy atom. The normalized spacial score (nSPS) is 11.9. The fourth-order valence-electron chi connectivity index (χ4n) is 2.34. The van der Waals surface area contributed by atoms with Crippen molar-refractivity contribution in [2.75, 3.05) is 0 Å². The summed E-state index contributed by atoms with van der Waals surface area (Å²) in [4.78, 5) is 32.3. The van der Waals surface area contributed by atoms with E-state index >= 15 is 0 Å². The number of fused-ring (bicyclic) bond motifs is 1. The van der Waals surface area contributed by atoms with Gasteiger partial charge < -0.3 is 10.4 Å². The van der Waals surface area contributed by atoms with E-state index < -0.39 is 17.9 Å². The van der Waals surface area contributed by atoms with E-state index in [1.807, 2.05) is 18.2 Å². The van der Waals surface area contributed by atoms with E-state index in [1.54, 1.807) is 36.5 Å². The molecule has 1 unspecified atom stereocenters. The van der Waals surface area contributed by atoms with Crippen molar-refractivity contribution in [2.24, 2.45) is 0 Å². The zero-order valence-electron chi connectivity index (χ0n) is 12.9. The van der Waals surface area contributed by atoms with Gasteiger partial charge in [0.2, 0.25) is 0 Å². The van der Waals surface area contributed by atoms with Gasteiger partial charge in [0.15, 0.2) is 0 Å². The lowest BCUT2D eigenvalue weighted by Gasteiger charge is -2.12. The number of aromatic nitrogens is 2. The number of hydrogen-bond donors (Lipinski definition) is 2. The van der Waals surface area contributed by atoms with Gasteiger partial charge in [-0.05, 0) is 31.2 Å². The Bertz CT molecular complexity index is 910. The Morgan fingerprint density at radius 3 is 2.54 bits per heavy atom. The molecule has 1 atom stereocenters. The number of carboxylic acid groups (broad SMARTS) is 1. The van der Waals surface area contributed by atoms with Crippen molar-refractivity contribution >= 4 is 22.8 Å². The Balaban J connectivity index is 2.11. The van der Waals surface area contributed by atoms with Crippen LogP contribution in [0, 0.1) is 0 Å². The molecule has 3 aromatic rings. The van der Waals surface area contributed by atoms with Crippen molar-refractivity contribution in [1.29, 1.82) is 0 Å². The SMILES string of the molecule is CC(NC(=O)c1cc(-c2ccccn2)nc2ccccc12)C(=O)O. The molecule has 3 rings (SSSR count). The van der Waals surface area contributed by atoms with Gasteiger partial charge in [-0.3, -0.25) is 14.6 Å². The second-order valence-electron chi connectivity index (χ2n) is 5.32. The minimum Gasteiger partial charge on any atom is -0.480 e. The summed E-state index contributed by atoms with van der Waals surface area (Å²) < 4.78 is 0. The molecule has 0 bridgehead atoms. The second kappa shape index (κ2) is 6.45. The van der Waals surface area contributed by atoms with E-state index in [1.165, 1.54) is 6.92 Å². The summed E-state index contributed by atoms with van der Waals surface area (Å²) in [6, 6.07) is 13.3. The lowest BCUT2D eigenvalue weighted by molar-refractivity contribution is -0.138. The van der Waals surface area contributed by atoms with Gasteiger partial charge in [-0.1, -0.05) is 24.3 Å². The third kappa shape index (κ3) is 3.08. The molecule has 0 aliphatic heterocycles. The first-order valence-corrected chi connectivity index (χ1v) is 7.41. The molecule has 1 amide bonds. The van der Waals surface area contributed by atoms with Gasteiger partial charge in [-0.2, -0.15) is 0 Å². The monoisotopic (exact) mass is 321 g/mol. The van der Waals surface area contributed by atoms with Gasteiger partial charge in [-0.25, -0.2) is 4.98 Å². The van der Waals surface area contributed by atoms with Crippen molar-refractivity contribution in [1.82, 2.24) is 15.3 Å². The maximum atomic E-state index is 12.5. The van der Waals surface area contributed by atoms with Crippen LogP contribution in [-0.4, -0.2) is 33.0 Å². The van der Waals surface area contributed by atoms with Crippen LogP contribution >= 0.6 is 0 Å². The van der Waals surface area contributed by atoms with Gasteiger partial charge >= 0.3 is 5.97 Å². The molecule has 2 N–H and O–H groups in total. The van der Waals surface area contributed by atoms with Crippen LogP contribution in [0.4, 0.5) is 0 Å². The molecule has 0 saturated heterocycles. The highest BCUT2D eigenvalue weighted by molar-refractivity contribution is 6.08. The van der Waals surface area contributed by atoms with Crippen LogP contribution in [0.1, 0.15) is 17.3 Å². The van der Waals surface area contributed by atoms with Crippen molar-refractivity contribution in [3.63, 3.8) is 0 Å². The number of hydrogen-bond acceptors (Lipinski definition) is 4. The minimum absolute atomic E-state index is 0.370. The molecule has 120 valence electrons. The topological polar surface area (TPSA) is 92.2 Å². The number of aliphatic carboxylic acids is 1. The van der Waals surface area contributed by atoms with Crippen LogP contribution in [0.5, 0.6) is 0 Å². The maximum absolute atomic E-state index is 12.5. The molecule has 0 spiro atoms. The van der Waals surface area contributed by atoms with E-state index in [4.69, 9.17) is 5.11 Å². The molecule has 2 aromatic heterocycles. The highest BCUT2D eigenvalue weighted by Gasteiger charge is 2.18. The number of para-hydroxylation sites is 1. The smallest absolute Gasteiger partial charge is 0.325 e. The third-order valence-electron chi connectivity index (χ3n) is 3.61. The first kappa shape index (κ1) is 15.6. The molecule has 6 heteroatoms. The lowest BCUT2D eigenvalue weighted by Crippen LogP contribution is -2.38. The molecular formula is C18H15N3O3. The summed E-state index contributed by atoms with van der Waals surface area (Å²) in [7, 11) is 0. The van der Waals surface area contributed by atoms with Crippen molar-refractivity contribution in [3.05, 3.63) is 60.3 Å². The molecule has 2 heterocycles. The molecule has 0 aliphatic rings.